The van der Waals surface area contributed by atoms with Crippen LogP contribution < -0.4 is 19.7 Å². The van der Waals surface area contributed by atoms with Gasteiger partial charge in [0, 0.05) is 0 Å². The fourth-order valence-corrected chi connectivity index (χ4v) is 4.19. The topological polar surface area (TPSA) is 67.9 Å². The molecule has 4 rings (SSSR count). The summed E-state index contributed by atoms with van der Waals surface area (Å²) in [5.41, 5.74) is 1.79. The molecule has 2 amide bonds. The van der Waals surface area contributed by atoms with Crippen molar-refractivity contribution in [2.24, 2.45) is 0 Å². The summed E-state index contributed by atoms with van der Waals surface area (Å²) in [6, 6.07) is 18.2. The van der Waals surface area contributed by atoms with Crippen molar-refractivity contribution >= 4 is 56.8 Å². The Labute approximate surface area is 209 Å². The van der Waals surface area contributed by atoms with Crippen LogP contribution in [0.1, 0.15) is 11.1 Å². The summed E-state index contributed by atoms with van der Waals surface area (Å²) in [4.78, 5) is 27.0. The van der Waals surface area contributed by atoms with Crippen molar-refractivity contribution in [3.8, 4) is 11.5 Å². The Morgan fingerprint density at radius 2 is 1.79 bits per heavy atom. The van der Waals surface area contributed by atoms with Crippen molar-refractivity contribution in [1.29, 1.82) is 0 Å². The highest BCUT2D eigenvalue weighted by molar-refractivity contribution is 9.10. The maximum absolute atomic E-state index is 13.2. The fourth-order valence-electron chi connectivity index (χ4n) is 3.34. The Balaban J connectivity index is 1.63. The van der Waals surface area contributed by atoms with Crippen LogP contribution >= 0.6 is 28.1 Å². The molecule has 34 heavy (non-hydrogen) atoms. The molecule has 1 fully saturated rings. The maximum atomic E-state index is 13.2. The van der Waals surface area contributed by atoms with Crippen LogP contribution in [-0.2, 0) is 16.2 Å². The van der Waals surface area contributed by atoms with E-state index in [4.69, 9.17) is 21.7 Å². The SMILES string of the molecule is COc1cc(/C=C2/C(=O)NC(=S)N(c3ccccc3)C2=O)cc(Br)c1OCc1ccc(F)cc1. The van der Waals surface area contributed by atoms with Gasteiger partial charge in [-0.1, -0.05) is 30.3 Å². The number of carbonyl (C=O) groups is 2. The van der Waals surface area contributed by atoms with Gasteiger partial charge in [-0.3, -0.25) is 19.8 Å². The van der Waals surface area contributed by atoms with Crippen LogP contribution in [0.25, 0.3) is 6.08 Å². The smallest absolute Gasteiger partial charge is 0.270 e. The highest BCUT2D eigenvalue weighted by Gasteiger charge is 2.34. The highest BCUT2D eigenvalue weighted by Crippen LogP contribution is 2.38. The van der Waals surface area contributed by atoms with Crippen LogP contribution in [0, 0.1) is 5.82 Å². The molecule has 0 aromatic heterocycles. The molecule has 1 heterocycles. The molecule has 1 aliphatic heterocycles. The first-order valence-electron chi connectivity index (χ1n) is 10.1. The largest absolute Gasteiger partial charge is 0.493 e. The molecule has 1 N–H and O–H groups in total. The quantitative estimate of drug-likeness (QED) is 0.270. The first-order chi connectivity index (χ1) is 16.4. The van der Waals surface area contributed by atoms with Gasteiger partial charge in [0.2, 0.25) is 0 Å². The third-order valence-electron chi connectivity index (χ3n) is 4.98. The van der Waals surface area contributed by atoms with Crippen molar-refractivity contribution in [3.05, 3.63) is 93.7 Å². The van der Waals surface area contributed by atoms with E-state index >= 15 is 0 Å². The van der Waals surface area contributed by atoms with Gasteiger partial charge in [0.1, 0.15) is 18.0 Å². The average Bonchev–Trinajstić information content (AvgIpc) is 2.82. The van der Waals surface area contributed by atoms with Gasteiger partial charge in [0.15, 0.2) is 16.6 Å². The summed E-state index contributed by atoms with van der Waals surface area (Å²) in [5.74, 6) is -0.628. The number of halogens is 2. The molecule has 0 atom stereocenters. The predicted molar refractivity (Wildman–Crippen MR) is 134 cm³/mol. The lowest BCUT2D eigenvalue weighted by atomic mass is 10.1. The lowest BCUT2D eigenvalue weighted by Crippen LogP contribution is -2.54. The second kappa shape index (κ2) is 10.1. The van der Waals surface area contributed by atoms with Gasteiger partial charge in [0.25, 0.3) is 11.8 Å². The number of ether oxygens (including phenoxy) is 2. The van der Waals surface area contributed by atoms with Crippen LogP contribution in [0.5, 0.6) is 11.5 Å². The van der Waals surface area contributed by atoms with Crippen LogP contribution in [0.4, 0.5) is 10.1 Å². The lowest BCUT2D eigenvalue weighted by Gasteiger charge is -2.28. The Morgan fingerprint density at radius 3 is 2.47 bits per heavy atom. The zero-order valence-electron chi connectivity index (χ0n) is 17.9. The molecule has 0 saturated carbocycles. The first-order valence-corrected chi connectivity index (χ1v) is 11.3. The maximum Gasteiger partial charge on any atom is 0.270 e. The van der Waals surface area contributed by atoms with Gasteiger partial charge in [-0.05, 0) is 81.7 Å². The molecule has 0 aliphatic carbocycles. The number of rotatable bonds is 6. The van der Waals surface area contributed by atoms with Gasteiger partial charge in [-0.15, -0.1) is 0 Å². The number of amides is 2. The third kappa shape index (κ3) is 5.00. The van der Waals surface area contributed by atoms with E-state index in [2.05, 4.69) is 21.2 Å². The molecule has 3 aromatic carbocycles. The van der Waals surface area contributed by atoms with E-state index in [1.165, 1.54) is 30.2 Å². The Kier molecular flexibility index (Phi) is 7.04. The molecule has 9 heteroatoms. The molecule has 0 bridgehead atoms. The van der Waals surface area contributed by atoms with Gasteiger partial charge in [-0.2, -0.15) is 0 Å². The predicted octanol–water partition coefficient (Wildman–Crippen LogP) is 5.01. The van der Waals surface area contributed by atoms with Crippen molar-refractivity contribution < 1.29 is 23.5 Å². The van der Waals surface area contributed by atoms with Crippen molar-refractivity contribution in [1.82, 2.24) is 5.32 Å². The van der Waals surface area contributed by atoms with E-state index in [1.54, 1.807) is 48.5 Å². The minimum atomic E-state index is -0.589. The molecule has 0 radical (unpaired) electrons. The number of hydrogen-bond donors (Lipinski definition) is 1. The van der Waals surface area contributed by atoms with Crippen molar-refractivity contribution in [2.45, 2.75) is 6.61 Å². The first kappa shape index (κ1) is 23.6. The van der Waals surface area contributed by atoms with Crippen LogP contribution in [-0.4, -0.2) is 24.0 Å². The number of thiocarbonyl (C=S) groups is 1. The lowest BCUT2D eigenvalue weighted by molar-refractivity contribution is -0.122. The standard InChI is InChI=1S/C25H18BrFN2O4S/c1-32-21-13-16(12-20(26)22(21)33-14-15-7-9-17(27)10-8-15)11-19-23(30)28-25(34)29(24(19)31)18-5-3-2-4-6-18/h2-13H,14H2,1H3,(H,28,30,34)/b19-11-. The molecule has 0 unspecified atom stereocenters. The Hall–Kier alpha value is -3.56. The number of nitrogens with zero attached hydrogens (tertiary/aromatic N) is 1. The zero-order valence-corrected chi connectivity index (χ0v) is 20.3. The van der Waals surface area contributed by atoms with E-state index in [0.29, 0.717) is 27.2 Å². The molecular weight excluding hydrogens is 523 g/mol. The summed E-state index contributed by atoms with van der Waals surface area (Å²) >= 11 is 8.68. The number of carbonyl (C=O) groups excluding carboxylic acids is 2. The fraction of sp³-hybridized carbons (Fsp3) is 0.0800. The molecule has 1 aliphatic rings. The van der Waals surface area contributed by atoms with Crippen LogP contribution in [0.15, 0.2) is 76.8 Å². The number of methoxy groups -OCH3 is 1. The molecule has 3 aromatic rings. The number of para-hydroxylation sites is 1. The van der Waals surface area contributed by atoms with Gasteiger partial charge >= 0.3 is 0 Å². The normalized spacial score (nSPS) is 14.9. The second-order valence-electron chi connectivity index (χ2n) is 7.24. The average molecular weight is 541 g/mol. The molecule has 1 saturated heterocycles. The van der Waals surface area contributed by atoms with Crippen molar-refractivity contribution in [2.75, 3.05) is 12.0 Å². The van der Waals surface area contributed by atoms with Gasteiger partial charge in [-0.25, -0.2) is 4.39 Å². The number of hydrogen-bond acceptors (Lipinski definition) is 5. The minimum Gasteiger partial charge on any atom is -0.493 e. The number of nitrogens with one attached hydrogen (secondary N) is 1. The molecule has 172 valence electrons. The van der Waals surface area contributed by atoms with Gasteiger partial charge < -0.3 is 9.47 Å². The molecule has 0 spiro atoms. The molecule has 6 nitrogen and oxygen atoms in total. The molecular formula is C25H18BrFN2O4S. The van der Waals surface area contributed by atoms with E-state index in [9.17, 15) is 14.0 Å². The summed E-state index contributed by atoms with van der Waals surface area (Å²) in [6.45, 7) is 0.194. The summed E-state index contributed by atoms with van der Waals surface area (Å²) < 4.78 is 25.0. The van der Waals surface area contributed by atoms with E-state index < -0.39 is 11.8 Å². The van der Waals surface area contributed by atoms with Crippen LogP contribution in [0.2, 0.25) is 0 Å². The van der Waals surface area contributed by atoms with Gasteiger partial charge in [0.05, 0.1) is 17.3 Å². The number of anilines is 1. The highest BCUT2D eigenvalue weighted by atomic mass is 79.9. The summed E-state index contributed by atoms with van der Waals surface area (Å²) in [6.07, 6.45) is 1.46. The van der Waals surface area contributed by atoms with E-state index in [0.717, 1.165) is 5.56 Å². The van der Waals surface area contributed by atoms with Crippen LogP contribution in [0.3, 0.4) is 0 Å². The Bertz CT molecular complexity index is 1300. The second-order valence-corrected chi connectivity index (χ2v) is 8.48. The minimum absolute atomic E-state index is 0.0154. The number of benzene rings is 3. The third-order valence-corrected chi connectivity index (χ3v) is 5.85. The van der Waals surface area contributed by atoms with E-state index in [1.807, 2.05) is 6.07 Å². The summed E-state index contributed by atoms with van der Waals surface area (Å²) in [5, 5.41) is 2.58. The Morgan fingerprint density at radius 1 is 1.09 bits per heavy atom. The zero-order chi connectivity index (χ0) is 24.2. The summed E-state index contributed by atoms with van der Waals surface area (Å²) in [7, 11) is 1.48. The van der Waals surface area contributed by atoms with E-state index in [-0.39, 0.29) is 23.1 Å². The monoisotopic (exact) mass is 540 g/mol. The van der Waals surface area contributed by atoms with Crippen molar-refractivity contribution in [3.63, 3.8) is 0 Å².